The second-order valence-corrected chi connectivity index (χ2v) is 6.44. The van der Waals surface area contributed by atoms with Gasteiger partial charge in [-0.05, 0) is 19.8 Å². The molecule has 2 N–H and O–H groups in total. The van der Waals surface area contributed by atoms with Gasteiger partial charge in [0.25, 0.3) is 5.91 Å². The molecular formula is C18H18N4O4. The Morgan fingerprint density at radius 3 is 2.73 bits per heavy atom. The highest BCUT2D eigenvalue weighted by Gasteiger charge is 2.36. The van der Waals surface area contributed by atoms with Crippen LogP contribution in [0.1, 0.15) is 54.1 Å². The highest BCUT2D eigenvalue weighted by atomic mass is 16.5. The van der Waals surface area contributed by atoms with E-state index in [-0.39, 0.29) is 29.5 Å². The minimum Gasteiger partial charge on any atom is -0.422 e. The van der Waals surface area contributed by atoms with Crippen LogP contribution in [-0.2, 0) is 0 Å². The smallest absolute Gasteiger partial charge is 0.273 e. The van der Waals surface area contributed by atoms with Crippen LogP contribution in [0.3, 0.4) is 0 Å². The quantitative estimate of drug-likeness (QED) is 0.723. The van der Waals surface area contributed by atoms with E-state index in [2.05, 4.69) is 20.7 Å². The molecule has 1 fully saturated rings. The van der Waals surface area contributed by atoms with E-state index in [1.54, 1.807) is 13.0 Å². The Bertz CT molecular complexity index is 897. The van der Waals surface area contributed by atoms with Gasteiger partial charge in [0.05, 0.1) is 0 Å². The van der Waals surface area contributed by atoms with Crippen LogP contribution in [0.2, 0.25) is 0 Å². The third kappa shape index (κ3) is 3.23. The number of nitrogens with zero attached hydrogens (tertiary/aromatic N) is 3. The summed E-state index contributed by atoms with van der Waals surface area (Å²) < 4.78 is 10.7. The average molecular weight is 354 g/mol. The van der Waals surface area contributed by atoms with Crippen molar-refractivity contribution in [1.82, 2.24) is 20.7 Å². The first-order valence-corrected chi connectivity index (χ1v) is 8.44. The molecule has 1 amide bonds. The lowest BCUT2D eigenvalue weighted by Crippen LogP contribution is -2.43. The Balaban J connectivity index is 1.33. The number of amides is 1. The van der Waals surface area contributed by atoms with Crippen LogP contribution in [0.5, 0.6) is 0 Å². The zero-order chi connectivity index (χ0) is 18.1. The van der Waals surface area contributed by atoms with Gasteiger partial charge in [0, 0.05) is 23.6 Å². The van der Waals surface area contributed by atoms with Gasteiger partial charge in [-0.1, -0.05) is 35.5 Å². The maximum Gasteiger partial charge on any atom is 0.273 e. The van der Waals surface area contributed by atoms with Gasteiger partial charge in [-0.25, -0.2) is 0 Å². The van der Waals surface area contributed by atoms with Gasteiger partial charge in [-0.3, -0.25) is 4.79 Å². The predicted octanol–water partition coefficient (Wildman–Crippen LogP) is 2.45. The number of nitrogens with one attached hydrogen (secondary N) is 1. The molecule has 26 heavy (non-hydrogen) atoms. The Morgan fingerprint density at radius 1 is 1.27 bits per heavy atom. The number of benzene rings is 1. The molecule has 8 heteroatoms. The molecule has 0 radical (unpaired) electrons. The molecule has 1 aliphatic rings. The second-order valence-electron chi connectivity index (χ2n) is 6.44. The fraction of sp³-hybridized carbons (Fsp3) is 0.333. The summed E-state index contributed by atoms with van der Waals surface area (Å²) in [6.07, 6.45) is 0.630. The van der Waals surface area contributed by atoms with Crippen molar-refractivity contribution in [3.63, 3.8) is 0 Å². The van der Waals surface area contributed by atoms with Crippen LogP contribution in [0, 0.1) is 0 Å². The van der Waals surface area contributed by atoms with Crippen LogP contribution >= 0.6 is 0 Å². The molecule has 0 saturated heterocycles. The molecule has 1 saturated carbocycles. The van der Waals surface area contributed by atoms with Crippen molar-refractivity contribution in [2.75, 3.05) is 0 Å². The number of hydrogen-bond donors (Lipinski definition) is 2. The predicted molar refractivity (Wildman–Crippen MR) is 90.1 cm³/mol. The van der Waals surface area contributed by atoms with E-state index >= 15 is 0 Å². The van der Waals surface area contributed by atoms with Gasteiger partial charge in [0.15, 0.2) is 11.5 Å². The van der Waals surface area contributed by atoms with Gasteiger partial charge in [-0.2, -0.15) is 0 Å². The molecule has 134 valence electrons. The maximum absolute atomic E-state index is 12.3. The van der Waals surface area contributed by atoms with Gasteiger partial charge in [-0.15, -0.1) is 10.2 Å². The zero-order valence-electron chi connectivity index (χ0n) is 14.1. The van der Waals surface area contributed by atoms with Gasteiger partial charge < -0.3 is 19.4 Å². The number of carbonyl (C=O) groups is 1. The lowest BCUT2D eigenvalue weighted by atomic mass is 9.80. The Kier molecular flexibility index (Phi) is 4.26. The van der Waals surface area contributed by atoms with Crippen LogP contribution < -0.4 is 5.32 Å². The number of aliphatic hydroxyl groups excluding tert-OH is 1. The Hall–Kier alpha value is -3.00. The monoisotopic (exact) mass is 354 g/mol. The van der Waals surface area contributed by atoms with Crippen LogP contribution in [-0.4, -0.2) is 32.4 Å². The summed E-state index contributed by atoms with van der Waals surface area (Å²) >= 11 is 0. The molecule has 2 aromatic heterocycles. The van der Waals surface area contributed by atoms with Crippen molar-refractivity contribution >= 4 is 5.91 Å². The molecule has 8 nitrogen and oxygen atoms in total. The average Bonchev–Trinajstić information content (AvgIpc) is 3.28. The molecule has 2 heterocycles. The standard InChI is InChI=1S/C18H18N4O4/c1-10(23)17-20-21-18(25-17)12-7-13(8-12)19-16(24)14-9-15(26-22-14)11-5-3-2-4-6-11/h2-6,9-10,12-13,23H,7-8H2,1H3,(H,19,24)/t10-,12-,13+/m1/s1. The third-order valence-electron chi connectivity index (χ3n) is 4.44. The molecule has 4 rings (SSSR count). The van der Waals surface area contributed by atoms with Crippen LogP contribution in [0.25, 0.3) is 11.3 Å². The first-order valence-electron chi connectivity index (χ1n) is 8.44. The third-order valence-corrected chi connectivity index (χ3v) is 4.44. The van der Waals surface area contributed by atoms with E-state index < -0.39 is 6.10 Å². The Labute approximate surface area is 149 Å². The minimum atomic E-state index is -0.780. The van der Waals surface area contributed by atoms with Gasteiger partial charge >= 0.3 is 0 Å². The summed E-state index contributed by atoms with van der Waals surface area (Å²) in [6.45, 7) is 1.57. The molecule has 3 aromatic rings. The number of carbonyl (C=O) groups excluding carboxylic acids is 1. The molecular weight excluding hydrogens is 336 g/mol. The fourth-order valence-corrected chi connectivity index (χ4v) is 2.90. The number of rotatable bonds is 5. The first kappa shape index (κ1) is 16.5. The highest BCUT2D eigenvalue weighted by Crippen LogP contribution is 2.36. The van der Waals surface area contributed by atoms with Crippen molar-refractivity contribution in [3.8, 4) is 11.3 Å². The maximum atomic E-state index is 12.3. The summed E-state index contributed by atoms with van der Waals surface area (Å²) in [4.78, 5) is 12.3. The van der Waals surface area contributed by atoms with E-state index in [0.29, 0.717) is 24.5 Å². The fourth-order valence-electron chi connectivity index (χ4n) is 2.90. The SMILES string of the molecule is C[C@@H](O)c1nnc([C@H]2C[C@@H](NC(=O)c3cc(-c4ccccc4)on3)C2)o1. The number of aliphatic hydroxyl groups is 1. The summed E-state index contributed by atoms with van der Waals surface area (Å²) in [6, 6.07) is 11.1. The molecule has 0 spiro atoms. The van der Waals surface area contributed by atoms with E-state index in [9.17, 15) is 9.90 Å². The van der Waals surface area contributed by atoms with Gasteiger partial charge in [0.1, 0.15) is 6.10 Å². The van der Waals surface area contributed by atoms with E-state index in [1.807, 2.05) is 30.3 Å². The molecule has 0 bridgehead atoms. The van der Waals surface area contributed by atoms with Crippen molar-refractivity contribution in [2.45, 2.75) is 37.8 Å². The Morgan fingerprint density at radius 2 is 2.04 bits per heavy atom. The summed E-state index contributed by atoms with van der Waals surface area (Å²) in [7, 11) is 0. The molecule has 1 aromatic carbocycles. The van der Waals surface area contributed by atoms with Crippen molar-refractivity contribution in [2.24, 2.45) is 0 Å². The zero-order valence-corrected chi connectivity index (χ0v) is 14.1. The van der Waals surface area contributed by atoms with Crippen LogP contribution in [0.15, 0.2) is 45.3 Å². The largest absolute Gasteiger partial charge is 0.422 e. The number of hydrogen-bond acceptors (Lipinski definition) is 7. The van der Waals surface area contributed by atoms with Gasteiger partial charge in [0.2, 0.25) is 11.8 Å². The molecule has 0 unspecified atom stereocenters. The summed E-state index contributed by atoms with van der Waals surface area (Å²) in [5.41, 5.74) is 1.12. The van der Waals surface area contributed by atoms with E-state index in [4.69, 9.17) is 8.94 Å². The summed E-state index contributed by atoms with van der Waals surface area (Å²) in [5, 5.41) is 24.0. The summed E-state index contributed by atoms with van der Waals surface area (Å²) in [5.74, 6) is 1.09. The van der Waals surface area contributed by atoms with Crippen molar-refractivity contribution < 1.29 is 18.8 Å². The second kappa shape index (κ2) is 6.72. The van der Waals surface area contributed by atoms with Crippen molar-refractivity contribution in [3.05, 3.63) is 53.9 Å². The molecule has 1 atom stereocenters. The van der Waals surface area contributed by atoms with E-state index in [1.165, 1.54) is 0 Å². The van der Waals surface area contributed by atoms with Crippen LogP contribution in [0.4, 0.5) is 0 Å². The van der Waals surface area contributed by atoms with Crippen molar-refractivity contribution in [1.29, 1.82) is 0 Å². The molecule has 1 aliphatic carbocycles. The lowest BCUT2D eigenvalue weighted by Gasteiger charge is -2.33. The van der Waals surface area contributed by atoms with E-state index in [0.717, 1.165) is 5.56 Å². The number of aromatic nitrogens is 3. The topological polar surface area (TPSA) is 114 Å². The highest BCUT2D eigenvalue weighted by molar-refractivity contribution is 5.93. The molecule has 0 aliphatic heterocycles. The lowest BCUT2D eigenvalue weighted by molar-refractivity contribution is 0.0892. The normalized spacial score (nSPS) is 20.4. The first-order chi connectivity index (χ1) is 12.6. The minimum absolute atomic E-state index is 0.0197.